The van der Waals surface area contributed by atoms with Crippen molar-refractivity contribution in [1.82, 2.24) is 3.97 Å². The molecule has 0 unspecified atom stereocenters. The smallest absolute Gasteiger partial charge is 0.307 e. The Hall–Kier alpha value is -2.34. The van der Waals surface area contributed by atoms with Crippen LogP contribution in [0.25, 0.3) is 11.1 Å². The van der Waals surface area contributed by atoms with Gasteiger partial charge in [0.05, 0.1) is 12.2 Å². The topological polar surface area (TPSA) is 76.4 Å². The van der Waals surface area contributed by atoms with Crippen LogP contribution in [-0.2, 0) is 21.2 Å². The molecule has 0 spiro atoms. The van der Waals surface area contributed by atoms with Gasteiger partial charge in [0, 0.05) is 18.0 Å². The van der Waals surface area contributed by atoms with E-state index in [0.29, 0.717) is 5.56 Å². The van der Waals surface area contributed by atoms with Gasteiger partial charge < -0.3 is 5.11 Å². The predicted octanol–water partition coefficient (Wildman–Crippen LogP) is 2.15. The summed E-state index contributed by atoms with van der Waals surface area (Å²) in [4.78, 5) is 10.7. The van der Waals surface area contributed by atoms with Gasteiger partial charge in [-0.15, -0.1) is 6.58 Å². The van der Waals surface area contributed by atoms with E-state index >= 15 is 0 Å². The van der Waals surface area contributed by atoms with Crippen molar-refractivity contribution in [3.63, 3.8) is 0 Å². The summed E-state index contributed by atoms with van der Waals surface area (Å²) in [5.74, 6) is -1.04. The van der Waals surface area contributed by atoms with Gasteiger partial charge in [-0.1, -0.05) is 30.3 Å². The summed E-state index contributed by atoms with van der Waals surface area (Å²) in [7, 11) is -3.42. The lowest BCUT2D eigenvalue weighted by molar-refractivity contribution is -0.136. The normalized spacial score (nSPS) is 11.2. The van der Waals surface area contributed by atoms with Gasteiger partial charge in [-0.05, 0) is 17.2 Å². The minimum Gasteiger partial charge on any atom is -0.481 e. The second-order valence-corrected chi connectivity index (χ2v) is 6.49. The molecule has 0 aliphatic rings. The molecule has 5 nitrogen and oxygen atoms in total. The molecule has 1 heterocycles. The van der Waals surface area contributed by atoms with E-state index < -0.39 is 16.0 Å². The molecule has 0 saturated heterocycles. The van der Waals surface area contributed by atoms with Crippen LogP contribution in [-0.4, -0.2) is 29.2 Å². The molecule has 2 rings (SSSR count). The van der Waals surface area contributed by atoms with Gasteiger partial charge in [0.25, 0.3) is 0 Å². The van der Waals surface area contributed by atoms with Crippen molar-refractivity contribution < 1.29 is 18.3 Å². The van der Waals surface area contributed by atoms with Gasteiger partial charge in [0.2, 0.25) is 10.0 Å². The third-order valence-electron chi connectivity index (χ3n) is 2.93. The van der Waals surface area contributed by atoms with E-state index in [1.54, 1.807) is 24.3 Å². The third-order valence-corrected chi connectivity index (χ3v) is 4.46. The number of nitrogens with zero attached hydrogens (tertiary/aromatic N) is 1. The zero-order valence-electron chi connectivity index (χ0n) is 11.3. The summed E-state index contributed by atoms with van der Waals surface area (Å²) in [5.41, 5.74) is 2.16. The fraction of sp³-hybridized carbons (Fsp3) is 0.133. The van der Waals surface area contributed by atoms with E-state index in [2.05, 4.69) is 6.58 Å². The van der Waals surface area contributed by atoms with Crippen molar-refractivity contribution in [3.05, 3.63) is 60.9 Å². The molecule has 0 atom stereocenters. The Bertz CT molecular complexity index is 774. The zero-order chi connectivity index (χ0) is 15.5. The average Bonchev–Trinajstić information content (AvgIpc) is 2.88. The highest BCUT2D eigenvalue weighted by Gasteiger charge is 2.12. The molecule has 0 fully saturated rings. The molecule has 1 N–H and O–H groups in total. The average molecular weight is 305 g/mol. The number of aliphatic carboxylic acids is 1. The Morgan fingerprint density at radius 3 is 2.71 bits per heavy atom. The molecule has 21 heavy (non-hydrogen) atoms. The van der Waals surface area contributed by atoms with Crippen molar-refractivity contribution in [1.29, 1.82) is 0 Å². The Morgan fingerprint density at radius 2 is 2.05 bits per heavy atom. The minimum atomic E-state index is -3.42. The molecule has 0 amide bonds. The van der Waals surface area contributed by atoms with E-state index in [9.17, 15) is 13.2 Å². The minimum absolute atomic E-state index is 0.0662. The lowest BCUT2D eigenvalue weighted by Gasteiger charge is -2.03. The first kappa shape index (κ1) is 15.1. The van der Waals surface area contributed by atoms with Gasteiger partial charge in [0.1, 0.15) is 0 Å². The SMILES string of the molecule is C=CCS(=O)(=O)n1ccc(-c2cccc(CC(=O)O)c2)c1. The Morgan fingerprint density at radius 1 is 1.29 bits per heavy atom. The number of carbonyl (C=O) groups is 1. The molecule has 0 aliphatic heterocycles. The molecule has 2 aromatic rings. The molecule has 0 aliphatic carbocycles. The summed E-state index contributed by atoms with van der Waals surface area (Å²) in [6, 6.07) is 8.71. The lowest BCUT2D eigenvalue weighted by Crippen LogP contribution is -2.12. The molecule has 6 heteroatoms. The highest BCUT2D eigenvalue weighted by molar-refractivity contribution is 7.90. The Labute approximate surface area is 123 Å². The highest BCUT2D eigenvalue weighted by Crippen LogP contribution is 2.22. The van der Waals surface area contributed by atoms with Gasteiger partial charge in [0.15, 0.2) is 0 Å². The van der Waals surface area contributed by atoms with Gasteiger partial charge in [-0.2, -0.15) is 0 Å². The summed E-state index contributed by atoms with van der Waals surface area (Å²) in [6.45, 7) is 3.43. The molecule has 110 valence electrons. The molecular weight excluding hydrogens is 290 g/mol. The number of aromatic nitrogens is 1. The monoisotopic (exact) mass is 305 g/mol. The maximum atomic E-state index is 11.9. The number of hydrogen-bond acceptors (Lipinski definition) is 3. The number of rotatable bonds is 6. The number of carboxylic acids is 1. The van der Waals surface area contributed by atoms with Crippen molar-refractivity contribution in [2.75, 3.05) is 5.75 Å². The molecule has 1 aromatic carbocycles. The molecule has 0 radical (unpaired) electrons. The van der Waals surface area contributed by atoms with Crippen LogP contribution in [0.15, 0.2) is 55.4 Å². The van der Waals surface area contributed by atoms with Crippen LogP contribution in [0.3, 0.4) is 0 Å². The Kier molecular flexibility index (Phi) is 4.28. The second kappa shape index (κ2) is 5.97. The standard InChI is InChI=1S/C15H15NO4S/c1-2-8-21(19,20)16-7-6-14(11-16)13-5-3-4-12(9-13)10-15(17)18/h2-7,9,11H,1,8,10H2,(H,17,18). The maximum Gasteiger partial charge on any atom is 0.307 e. The van der Waals surface area contributed by atoms with Crippen LogP contribution in [0.4, 0.5) is 0 Å². The van der Waals surface area contributed by atoms with Crippen molar-refractivity contribution >= 4 is 16.0 Å². The van der Waals surface area contributed by atoms with Crippen LogP contribution in [0.2, 0.25) is 0 Å². The fourth-order valence-electron chi connectivity index (χ4n) is 1.99. The summed E-state index contributed by atoms with van der Waals surface area (Å²) >= 11 is 0. The van der Waals surface area contributed by atoms with Crippen LogP contribution < -0.4 is 0 Å². The number of hydrogen-bond donors (Lipinski definition) is 1. The van der Waals surface area contributed by atoms with E-state index in [1.807, 2.05) is 6.07 Å². The second-order valence-electron chi connectivity index (χ2n) is 4.57. The summed E-state index contributed by atoms with van der Waals surface area (Å²) in [6.07, 6.45) is 4.25. The number of carboxylic acid groups (broad SMARTS) is 1. The van der Waals surface area contributed by atoms with Gasteiger partial charge in [-0.25, -0.2) is 8.42 Å². The molecular formula is C15H15NO4S. The van der Waals surface area contributed by atoms with Crippen LogP contribution in [0, 0.1) is 0 Å². The van der Waals surface area contributed by atoms with Crippen molar-refractivity contribution in [2.24, 2.45) is 0 Å². The first-order valence-corrected chi connectivity index (χ1v) is 7.86. The van der Waals surface area contributed by atoms with Gasteiger partial charge >= 0.3 is 5.97 Å². The summed E-state index contributed by atoms with van der Waals surface area (Å²) in [5, 5.41) is 8.81. The zero-order valence-corrected chi connectivity index (χ0v) is 12.1. The first-order chi connectivity index (χ1) is 9.92. The Balaban J connectivity index is 2.34. The largest absolute Gasteiger partial charge is 0.481 e. The van der Waals surface area contributed by atoms with E-state index in [1.165, 1.54) is 18.5 Å². The van der Waals surface area contributed by atoms with E-state index in [4.69, 9.17) is 5.11 Å². The molecule has 0 saturated carbocycles. The fourth-order valence-corrected chi connectivity index (χ4v) is 2.98. The highest BCUT2D eigenvalue weighted by atomic mass is 32.2. The van der Waals surface area contributed by atoms with Crippen LogP contribution in [0.1, 0.15) is 5.56 Å². The van der Waals surface area contributed by atoms with Crippen molar-refractivity contribution in [2.45, 2.75) is 6.42 Å². The lowest BCUT2D eigenvalue weighted by atomic mass is 10.0. The van der Waals surface area contributed by atoms with Gasteiger partial charge in [-0.3, -0.25) is 8.77 Å². The van der Waals surface area contributed by atoms with Crippen LogP contribution >= 0.6 is 0 Å². The molecule has 1 aromatic heterocycles. The third kappa shape index (κ3) is 3.61. The molecule has 0 bridgehead atoms. The quantitative estimate of drug-likeness (QED) is 0.830. The van der Waals surface area contributed by atoms with Crippen LogP contribution in [0.5, 0.6) is 0 Å². The maximum absolute atomic E-state index is 11.9. The predicted molar refractivity (Wildman–Crippen MR) is 80.6 cm³/mol. The summed E-state index contributed by atoms with van der Waals surface area (Å²) < 4.78 is 25.0. The van der Waals surface area contributed by atoms with E-state index in [-0.39, 0.29) is 12.2 Å². The first-order valence-electron chi connectivity index (χ1n) is 6.25. The van der Waals surface area contributed by atoms with E-state index in [0.717, 1.165) is 15.1 Å². The number of benzene rings is 1. The van der Waals surface area contributed by atoms with Crippen molar-refractivity contribution in [3.8, 4) is 11.1 Å².